The van der Waals surface area contributed by atoms with Gasteiger partial charge in [0, 0.05) is 5.92 Å². The van der Waals surface area contributed by atoms with E-state index in [0.29, 0.717) is 17.2 Å². The highest BCUT2D eigenvalue weighted by molar-refractivity contribution is 14.1. The van der Waals surface area contributed by atoms with Crippen LogP contribution in [-0.4, -0.2) is 5.16 Å². The van der Waals surface area contributed by atoms with Crippen molar-refractivity contribution in [3.8, 4) is 0 Å². The third-order valence-corrected chi connectivity index (χ3v) is 5.09. The lowest BCUT2D eigenvalue weighted by Crippen LogP contribution is -2.25. The number of nitrogens with zero attached hydrogens (tertiary/aromatic N) is 1. The normalized spacial score (nSPS) is 26.1. The zero-order valence-electron chi connectivity index (χ0n) is 10.8. The van der Waals surface area contributed by atoms with Gasteiger partial charge in [0.05, 0.1) is 3.57 Å². The number of anilines is 1. The third kappa shape index (κ3) is 2.77. The van der Waals surface area contributed by atoms with Gasteiger partial charge in [-0.05, 0) is 59.6 Å². The average Bonchev–Trinajstić information content (AvgIpc) is 2.59. The molecule has 1 fully saturated rings. The van der Waals surface area contributed by atoms with Gasteiger partial charge in [-0.2, -0.15) is 0 Å². The number of nitrogens with two attached hydrogens (primary N) is 1. The molecule has 4 heteroatoms. The van der Waals surface area contributed by atoms with Crippen molar-refractivity contribution in [3.05, 3.63) is 9.33 Å². The van der Waals surface area contributed by atoms with Crippen LogP contribution in [0.15, 0.2) is 4.52 Å². The predicted molar refractivity (Wildman–Crippen MR) is 77.8 cm³/mol. The minimum absolute atomic E-state index is 0.429. The number of rotatable bonds is 1. The molecule has 0 saturated heterocycles. The van der Waals surface area contributed by atoms with Crippen LogP contribution < -0.4 is 5.73 Å². The molecule has 0 amide bonds. The number of hydrogen-bond acceptors (Lipinski definition) is 3. The van der Waals surface area contributed by atoms with Crippen LogP contribution in [0.4, 0.5) is 5.82 Å². The molecule has 0 bridgehead atoms. The van der Waals surface area contributed by atoms with Crippen molar-refractivity contribution in [3.63, 3.8) is 0 Å². The van der Waals surface area contributed by atoms with E-state index in [2.05, 4.69) is 48.5 Å². The molecular formula is C13H21IN2O. The summed E-state index contributed by atoms with van der Waals surface area (Å²) in [5, 5.41) is 3.85. The molecule has 1 heterocycles. The molecule has 0 radical (unpaired) electrons. The Labute approximate surface area is 117 Å². The van der Waals surface area contributed by atoms with E-state index in [1.807, 2.05) is 0 Å². The topological polar surface area (TPSA) is 52.0 Å². The van der Waals surface area contributed by atoms with E-state index in [-0.39, 0.29) is 0 Å². The lowest BCUT2D eigenvalue weighted by molar-refractivity contribution is 0.160. The first-order chi connectivity index (χ1) is 7.89. The Bertz CT molecular complexity index is 387. The van der Waals surface area contributed by atoms with Gasteiger partial charge in [-0.3, -0.25) is 0 Å². The lowest BCUT2D eigenvalue weighted by Gasteiger charge is -2.36. The second kappa shape index (κ2) is 4.78. The number of hydrogen-bond donors (Lipinski definition) is 1. The monoisotopic (exact) mass is 348 g/mol. The molecule has 0 spiro atoms. The number of nitrogen functional groups attached to an aromatic ring is 1. The summed E-state index contributed by atoms with van der Waals surface area (Å²) in [6.45, 7) is 7.02. The molecule has 1 aliphatic carbocycles. The summed E-state index contributed by atoms with van der Waals surface area (Å²) in [5.41, 5.74) is 6.16. The van der Waals surface area contributed by atoms with Crippen molar-refractivity contribution in [1.82, 2.24) is 5.16 Å². The SMILES string of the molecule is CC(C)(C)C1CCC(c2onc(N)c2I)CC1. The molecule has 1 aromatic rings. The van der Waals surface area contributed by atoms with Crippen LogP contribution >= 0.6 is 22.6 Å². The summed E-state index contributed by atoms with van der Waals surface area (Å²) < 4.78 is 6.39. The third-order valence-electron chi connectivity index (χ3n) is 4.01. The van der Waals surface area contributed by atoms with Gasteiger partial charge in [0.15, 0.2) is 11.6 Å². The predicted octanol–water partition coefficient (Wildman–Crippen LogP) is 4.18. The van der Waals surface area contributed by atoms with Crippen molar-refractivity contribution in [1.29, 1.82) is 0 Å². The molecule has 2 rings (SSSR count). The van der Waals surface area contributed by atoms with E-state index < -0.39 is 0 Å². The van der Waals surface area contributed by atoms with Gasteiger partial charge in [0.25, 0.3) is 0 Å². The number of halogens is 1. The van der Waals surface area contributed by atoms with E-state index in [4.69, 9.17) is 10.3 Å². The van der Waals surface area contributed by atoms with E-state index in [1.54, 1.807) is 0 Å². The first kappa shape index (κ1) is 13.2. The van der Waals surface area contributed by atoms with Crippen LogP contribution in [0.25, 0.3) is 0 Å². The van der Waals surface area contributed by atoms with Gasteiger partial charge >= 0.3 is 0 Å². The van der Waals surface area contributed by atoms with Crippen LogP contribution in [0.5, 0.6) is 0 Å². The molecule has 0 aromatic carbocycles. The Morgan fingerprint density at radius 2 is 1.82 bits per heavy atom. The van der Waals surface area contributed by atoms with Gasteiger partial charge < -0.3 is 10.3 Å². The highest BCUT2D eigenvalue weighted by Gasteiger charge is 2.32. The van der Waals surface area contributed by atoms with Gasteiger partial charge in [-0.25, -0.2) is 0 Å². The van der Waals surface area contributed by atoms with Crippen LogP contribution in [0.3, 0.4) is 0 Å². The minimum atomic E-state index is 0.429. The molecule has 17 heavy (non-hydrogen) atoms. The maximum Gasteiger partial charge on any atom is 0.180 e. The van der Waals surface area contributed by atoms with Crippen LogP contribution in [-0.2, 0) is 0 Å². The molecule has 2 N–H and O–H groups in total. The fraction of sp³-hybridized carbons (Fsp3) is 0.769. The van der Waals surface area contributed by atoms with Crippen molar-refractivity contribution in [2.45, 2.75) is 52.4 Å². The van der Waals surface area contributed by atoms with Crippen molar-refractivity contribution >= 4 is 28.4 Å². The lowest BCUT2D eigenvalue weighted by atomic mass is 9.69. The van der Waals surface area contributed by atoms with Crippen LogP contribution in [0.1, 0.15) is 58.1 Å². The van der Waals surface area contributed by atoms with Gasteiger partial charge in [-0.15, -0.1) is 0 Å². The van der Waals surface area contributed by atoms with Gasteiger partial charge in [-0.1, -0.05) is 25.9 Å². The molecule has 0 atom stereocenters. The maximum absolute atomic E-state index is 5.73. The largest absolute Gasteiger partial charge is 0.380 e. The molecular weight excluding hydrogens is 327 g/mol. The zero-order chi connectivity index (χ0) is 12.6. The maximum atomic E-state index is 5.73. The summed E-state index contributed by atoms with van der Waals surface area (Å²) in [6.07, 6.45) is 4.97. The molecule has 1 aromatic heterocycles. The highest BCUT2D eigenvalue weighted by atomic mass is 127. The van der Waals surface area contributed by atoms with Crippen molar-refractivity contribution in [2.75, 3.05) is 5.73 Å². The second-order valence-corrected chi connectivity index (χ2v) is 7.24. The van der Waals surface area contributed by atoms with Crippen molar-refractivity contribution < 1.29 is 4.52 Å². The zero-order valence-corrected chi connectivity index (χ0v) is 13.0. The number of aromatic nitrogens is 1. The highest BCUT2D eigenvalue weighted by Crippen LogP contribution is 2.44. The van der Waals surface area contributed by atoms with E-state index in [0.717, 1.165) is 15.2 Å². The van der Waals surface area contributed by atoms with Crippen LogP contribution in [0.2, 0.25) is 0 Å². The smallest absolute Gasteiger partial charge is 0.180 e. The van der Waals surface area contributed by atoms with Crippen LogP contribution in [0, 0.1) is 14.9 Å². The van der Waals surface area contributed by atoms with E-state index in [9.17, 15) is 0 Å². The Hall–Kier alpha value is -0.260. The molecule has 3 nitrogen and oxygen atoms in total. The van der Waals surface area contributed by atoms with E-state index in [1.165, 1.54) is 25.7 Å². The summed E-state index contributed by atoms with van der Waals surface area (Å²) in [5.74, 6) is 2.90. The Balaban J connectivity index is 2.02. The van der Waals surface area contributed by atoms with E-state index >= 15 is 0 Å². The molecule has 96 valence electrons. The van der Waals surface area contributed by atoms with Crippen molar-refractivity contribution in [2.24, 2.45) is 11.3 Å². The second-order valence-electron chi connectivity index (χ2n) is 6.16. The Morgan fingerprint density at radius 3 is 2.24 bits per heavy atom. The summed E-state index contributed by atoms with van der Waals surface area (Å²) in [6, 6.07) is 0. The standard InChI is InChI=1S/C13H21IN2O/c1-13(2,3)9-6-4-8(5-7-9)11-10(14)12(15)16-17-11/h8-9H,4-7H2,1-3H3,(H2,15,16). The minimum Gasteiger partial charge on any atom is -0.380 e. The fourth-order valence-electron chi connectivity index (χ4n) is 2.78. The first-order valence-electron chi connectivity index (χ1n) is 6.30. The summed E-state index contributed by atoms with van der Waals surface area (Å²) >= 11 is 2.24. The average molecular weight is 348 g/mol. The van der Waals surface area contributed by atoms with Gasteiger partial charge in [0.1, 0.15) is 0 Å². The molecule has 1 aliphatic rings. The fourth-order valence-corrected chi connectivity index (χ4v) is 3.42. The van der Waals surface area contributed by atoms with Gasteiger partial charge in [0.2, 0.25) is 0 Å². The molecule has 1 saturated carbocycles. The first-order valence-corrected chi connectivity index (χ1v) is 7.38. The molecule has 0 aliphatic heterocycles. The Morgan fingerprint density at radius 1 is 1.24 bits per heavy atom. The quantitative estimate of drug-likeness (QED) is 0.775. The summed E-state index contributed by atoms with van der Waals surface area (Å²) in [4.78, 5) is 0. The Kier molecular flexibility index (Phi) is 3.71. The molecule has 0 unspecified atom stereocenters. The summed E-state index contributed by atoms with van der Waals surface area (Å²) in [7, 11) is 0.